The first-order valence-corrected chi connectivity index (χ1v) is 28.1. The van der Waals surface area contributed by atoms with E-state index in [1.165, 1.54) is 10.5 Å². The highest BCUT2D eigenvalue weighted by Crippen LogP contribution is 2.59. The molecule has 12 rings (SSSR count). The number of aliphatic hydroxyl groups is 1. The molecule has 18 heteroatoms. The van der Waals surface area contributed by atoms with Gasteiger partial charge in [-0.05, 0) is 130 Å². The number of anilines is 2. The first-order valence-electron chi connectivity index (χ1n) is 27.2. The van der Waals surface area contributed by atoms with E-state index in [2.05, 4.69) is 77.2 Å². The molecule has 5 aliphatic heterocycles. The van der Waals surface area contributed by atoms with Crippen LogP contribution in [-0.2, 0) is 25.5 Å². The lowest BCUT2D eigenvalue weighted by Crippen LogP contribution is -2.83. The van der Waals surface area contributed by atoms with E-state index in [0.717, 1.165) is 124 Å². The van der Waals surface area contributed by atoms with E-state index >= 15 is 0 Å². The lowest BCUT2D eigenvalue weighted by Gasteiger charge is -2.72. The van der Waals surface area contributed by atoms with Crippen LogP contribution in [0.2, 0.25) is 0 Å². The van der Waals surface area contributed by atoms with Crippen LogP contribution in [0.15, 0.2) is 72.5 Å². The Labute approximate surface area is 442 Å². The van der Waals surface area contributed by atoms with Crippen LogP contribution < -0.4 is 21.3 Å². The summed E-state index contributed by atoms with van der Waals surface area (Å²) >= 11 is 1.61. The Morgan fingerprint density at radius 2 is 1.55 bits per heavy atom. The number of nitrogens with two attached hydrogens (primary N) is 1. The van der Waals surface area contributed by atoms with Crippen molar-refractivity contribution in [3.05, 3.63) is 95.1 Å². The van der Waals surface area contributed by atoms with Gasteiger partial charge in [-0.25, -0.2) is 15.0 Å². The summed E-state index contributed by atoms with van der Waals surface area (Å²) in [5.41, 5.74) is 13.4. The molecule has 2 unspecified atom stereocenters. The summed E-state index contributed by atoms with van der Waals surface area (Å²) in [5, 5.41) is 36.3. The summed E-state index contributed by atoms with van der Waals surface area (Å²) in [6.07, 6.45) is 12.5. The van der Waals surface area contributed by atoms with E-state index in [-0.39, 0.29) is 47.9 Å². The van der Waals surface area contributed by atoms with Gasteiger partial charge in [0.05, 0.1) is 44.6 Å². The molecular weight excluding hydrogens is 965 g/mol. The molecule has 0 bridgehead atoms. The van der Waals surface area contributed by atoms with E-state index in [9.17, 15) is 24.6 Å². The van der Waals surface area contributed by atoms with Crippen molar-refractivity contribution in [2.75, 3.05) is 43.4 Å². The van der Waals surface area contributed by atoms with E-state index in [0.29, 0.717) is 41.1 Å². The van der Waals surface area contributed by atoms with Crippen molar-refractivity contribution in [1.29, 1.82) is 0 Å². The summed E-state index contributed by atoms with van der Waals surface area (Å²) in [7, 11) is 0. The molecule has 0 spiro atoms. The number of para-hydroxylation sites is 1. The van der Waals surface area contributed by atoms with Crippen molar-refractivity contribution >= 4 is 40.6 Å². The van der Waals surface area contributed by atoms with Gasteiger partial charge >= 0.3 is 0 Å². The normalized spacial score (nSPS) is 27.9. The fraction of sp³-hybridized carbons (Fsp3) is 0.544. The molecule has 8 heterocycles. The number of amides is 3. The topological polar surface area (TPSA) is 219 Å². The molecule has 3 amide bonds. The molecule has 0 radical (unpaired) electrons. The van der Waals surface area contributed by atoms with Crippen molar-refractivity contribution in [2.24, 2.45) is 11.3 Å². The van der Waals surface area contributed by atoms with Crippen LogP contribution in [0, 0.1) is 18.3 Å². The van der Waals surface area contributed by atoms with Crippen LogP contribution in [0.1, 0.15) is 120 Å². The summed E-state index contributed by atoms with van der Waals surface area (Å²) in [6.45, 7) is 11.5. The molecule has 17 nitrogen and oxygen atoms in total. The minimum atomic E-state index is -0.853. The number of β-amino-alcohol motifs (C(OH)–C–C–N with tert-alkyl or cyclic N) is 1. The average molecular weight is 1040 g/mol. The molecule has 7 aliphatic rings. The Morgan fingerprint density at radius 1 is 0.853 bits per heavy atom. The quantitative estimate of drug-likeness (QED) is 0.0934. The Hall–Kier alpha value is -6.08. The number of carbonyl (C=O) groups excluding carboxylic acids is 3. The number of phenols is 1. The zero-order chi connectivity index (χ0) is 52.0. The van der Waals surface area contributed by atoms with Crippen LogP contribution in [0.3, 0.4) is 0 Å². The third kappa shape index (κ3) is 9.12. The van der Waals surface area contributed by atoms with Crippen LogP contribution in [0.4, 0.5) is 11.5 Å². The standard InChI is InChI=1S/C57H70N12O5S/c1-33-48(75-32-61-33)35-9-13-38(14-10-35)56(19-20-56)63-52(73)46-23-42(70)31-68(46)53(74)49(55(2,3)4)62-51(72)36-11-15-39(16-12-36)66-21-17-34(18-22-66)37-27-59-54(60-28-37)57-25-40-29-67(30-41(26-57)69(40)57)45-24-44(64-65-50(45)58)43-7-5-6-8-47(43)71/h5-10,13-14,24,27-28,32,34,36,39-42,46,49,70-71H,11-12,15-23,25-26,29-31H2,1-4H3,(H2,58,65)(H,62,72)(H,63,73)/t36?,39?,40?,41?,42-,46+,49-,57?/m1/s1. The van der Waals surface area contributed by atoms with Gasteiger partial charge in [-0.1, -0.05) is 57.2 Å². The van der Waals surface area contributed by atoms with Crippen LogP contribution in [-0.4, -0.2) is 137 Å². The van der Waals surface area contributed by atoms with Crippen molar-refractivity contribution in [3.8, 4) is 27.4 Å². The molecule has 2 aliphatic carbocycles. The number of aromatic hydroxyl groups is 1. The molecule has 7 fully saturated rings. The fourth-order valence-electron chi connectivity index (χ4n) is 13.8. The van der Waals surface area contributed by atoms with Gasteiger partial charge in [0.15, 0.2) is 5.82 Å². The second kappa shape index (κ2) is 19.2. The Kier molecular flexibility index (Phi) is 12.7. The van der Waals surface area contributed by atoms with Gasteiger partial charge in [0, 0.05) is 68.1 Å². The van der Waals surface area contributed by atoms with E-state index < -0.39 is 29.1 Å². The zero-order valence-electron chi connectivity index (χ0n) is 43.5. The third-order valence-electron chi connectivity index (χ3n) is 18.1. The van der Waals surface area contributed by atoms with Crippen molar-refractivity contribution in [1.82, 2.24) is 50.5 Å². The van der Waals surface area contributed by atoms with Crippen molar-refractivity contribution in [3.63, 3.8) is 0 Å². The molecular formula is C57H70N12O5S. The largest absolute Gasteiger partial charge is 0.507 e. The number of nitrogens with zero attached hydrogens (tertiary/aromatic N) is 9. The number of likely N-dealkylation sites (tertiary alicyclic amines) is 2. The molecule has 394 valence electrons. The maximum atomic E-state index is 14.5. The monoisotopic (exact) mass is 1030 g/mol. The summed E-state index contributed by atoms with van der Waals surface area (Å²) in [4.78, 5) is 67.3. The van der Waals surface area contributed by atoms with Crippen molar-refractivity contribution < 1.29 is 24.6 Å². The van der Waals surface area contributed by atoms with Crippen LogP contribution in [0.5, 0.6) is 5.75 Å². The second-order valence-electron chi connectivity index (χ2n) is 23.9. The zero-order valence-corrected chi connectivity index (χ0v) is 44.3. The lowest BCUT2D eigenvalue weighted by atomic mass is 9.62. The predicted molar refractivity (Wildman–Crippen MR) is 286 cm³/mol. The molecule has 2 aromatic carbocycles. The van der Waals surface area contributed by atoms with Gasteiger partial charge in [0.25, 0.3) is 0 Å². The maximum Gasteiger partial charge on any atom is 0.246 e. The number of hydrogen-bond acceptors (Lipinski definition) is 15. The highest BCUT2D eigenvalue weighted by Gasteiger charge is 2.67. The number of aromatic nitrogens is 5. The summed E-state index contributed by atoms with van der Waals surface area (Å²) < 4.78 is 0. The van der Waals surface area contributed by atoms with E-state index in [1.807, 2.05) is 51.4 Å². The van der Waals surface area contributed by atoms with Crippen LogP contribution in [0.25, 0.3) is 21.7 Å². The van der Waals surface area contributed by atoms with Gasteiger partial charge in [0.2, 0.25) is 17.7 Å². The average Bonchev–Trinajstić information content (AvgIpc) is 3.92. The van der Waals surface area contributed by atoms with E-state index in [4.69, 9.17) is 15.7 Å². The first-order chi connectivity index (χ1) is 36.1. The van der Waals surface area contributed by atoms with Gasteiger partial charge in [-0.2, -0.15) is 0 Å². The molecule has 5 saturated heterocycles. The minimum absolute atomic E-state index is 0.0464. The molecule has 3 aromatic heterocycles. The number of piperidine rings is 2. The van der Waals surface area contributed by atoms with Gasteiger partial charge in [0.1, 0.15) is 23.7 Å². The maximum absolute atomic E-state index is 14.5. The number of nitrogen functional groups attached to an aromatic ring is 1. The second-order valence-corrected chi connectivity index (χ2v) is 24.7. The number of nitrogens with one attached hydrogen (secondary N) is 2. The van der Waals surface area contributed by atoms with Gasteiger partial charge in [-0.15, -0.1) is 21.5 Å². The minimum Gasteiger partial charge on any atom is -0.507 e. The fourth-order valence-corrected chi connectivity index (χ4v) is 14.6. The number of aliphatic hydroxyl groups excluding tert-OH is 1. The number of benzene rings is 2. The Bertz CT molecular complexity index is 2950. The Morgan fingerprint density at radius 3 is 2.19 bits per heavy atom. The number of thiazole rings is 1. The van der Waals surface area contributed by atoms with Gasteiger partial charge in [-0.3, -0.25) is 19.3 Å². The van der Waals surface area contributed by atoms with E-state index in [1.54, 1.807) is 23.5 Å². The third-order valence-corrected chi connectivity index (χ3v) is 19.1. The molecule has 5 atom stereocenters. The summed E-state index contributed by atoms with van der Waals surface area (Å²) in [6, 6.07) is 16.9. The summed E-state index contributed by atoms with van der Waals surface area (Å²) in [5.74, 6) is 1.000. The molecule has 75 heavy (non-hydrogen) atoms. The Balaban J connectivity index is 0.609. The highest BCUT2D eigenvalue weighted by atomic mass is 32.1. The molecule has 6 N–H and O–H groups in total. The van der Waals surface area contributed by atoms with Crippen LogP contribution >= 0.6 is 11.3 Å². The number of aryl methyl sites for hydroxylation is 1. The molecule has 5 aromatic rings. The number of phenolic OH excluding ortho intramolecular Hbond substituents is 1. The van der Waals surface area contributed by atoms with Gasteiger partial charge < -0.3 is 41.3 Å². The number of rotatable bonds is 12. The highest BCUT2D eigenvalue weighted by molar-refractivity contribution is 7.13. The van der Waals surface area contributed by atoms with Crippen molar-refractivity contribution in [2.45, 2.75) is 152 Å². The SMILES string of the molecule is Cc1ncsc1-c1ccc(C2(NC(=O)[C@@H]3C[C@@H](O)CN3C(=O)[C@@H](NC(=O)C3CCC(N4CCC(c5cnc(C67CC8CN(c9cc(-c%10ccccc%10O)nnc9N)CC(C6)N87)nc5)CC4)CC3)C(C)(C)C)CC2)cc1. The number of hydrogen-bond donors (Lipinski definition) is 5. The lowest BCUT2D eigenvalue weighted by molar-refractivity contribution is -0.216. The molecule has 2 saturated carbocycles. The first kappa shape index (κ1) is 49.8. The smallest absolute Gasteiger partial charge is 0.246 e. The predicted octanol–water partition coefficient (Wildman–Crippen LogP) is 6.25. The number of piperazine rings is 1. The number of carbonyl (C=O) groups is 3.